The molecule has 0 fully saturated rings. The zero-order chi connectivity index (χ0) is 34.4. The van der Waals surface area contributed by atoms with Crippen molar-refractivity contribution in [2.24, 2.45) is 0 Å². The van der Waals surface area contributed by atoms with Crippen molar-refractivity contribution in [1.82, 2.24) is 4.90 Å². The van der Waals surface area contributed by atoms with E-state index in [2.05, 4.69) is 13.6 Å². The van der Waals surface area contributed by atoms with Gasteiger partial charge in [-0.1, -0.05) is 48.5 Å². The number of amides is 2. The highest BCUT2D eigenvalue weighted by Crippen LogP contribution is 2.47. The highest BCUT2D eigenvalue weighted by atomic mass is 31.2. The summed E-state index contributed by atoms with van der Waals surface area (Å²) in [7, 11) is -14.5. The lowest BCUT2D eigenvalue weighted by atomic mass is 9.85. The molecule has 5 aromatic rings. The predicted molar refractivity (Wildman–Crippen MR) is 170 cm³/mol. The first-order valence-electron chi connectivity index (χ1n) is 14.3. The molecule has 1 aliphatic heterocycles. The summed E-state index contributed by atoms with van der Waals surface area (Å²) in [5, 5.41) is 17.0. The third-order valence-corrected chi connectivity index (χ3v) is 10.3. The number of carbonyl (C=O) groups excluding carboxylic acids is 2. The van der Waals surface area contributed by atoms with Crippen molar-refractivity contribution in [2.45, 2.75) is 6.10 Å². The monoisotopic (exact) mass is 723 g/mol. The average molecular weight is 723 g/mol. The van der Waals surface area contributed by atoms with Gasteiger partial charge in [-0.2, -0.15) is 0 Å². The number of hydrogen-bond donors (Lipinski definition) is 5. The Morgan fingerprint density at radius 2 is 1.08 bits per heavy atom. The molecule has 0 radical (unpaired) electrons. The van der Waals surface area contributed by atoms with E-state index in [4.69, 9.17) is 18.8 Å². The number of phosphoric acid groups is 3. The maximum Gasteiger partial charge on any atom is 0.472 e. The van der Waals surface area contributed by atoms with Gasteiger partial charge in [0.05, 0.1) is 39.6 Å². The summed E-state index contributed by atoms with van der Waals surface area (Å²) in [6.45, 7) is -4.50. The standard InChI is InChI=1S/C29H28NO15P3/c31-16-18(45-48(39,40)44-14-13-43-47(37,38)42-12-11-41-46(34,35)36)15-30-28(32)23-9-7-21-19-5-1-3-17-4-2-6-20(25(17)19)22-8-10-24(29(30)33)27(23)26(21)22/h1-10,18,31H,11-16H2,(H,37,38)(H,39,40)(H2,34,35,36). The Labute approximate surface area is 271 Å². The van der Waals surface area contributed by atoms with E-state index in [0.717, 1.165) is 42.6 Å². The average Bonchev–Trinajstić information content (AvgIpc) is 3.04. The number of rotatable bonds is 15. The van der Waals surface area contributed by atoms with E-state index < -0.39 is 81.0 Å². The molecule has 0 saturated carbocycles. The van der Waals surface area contributed by atoms with Gasteiger partial charge in [0, 0.05) is 16.5 Å². The Hall–Kier alpha value is -3.17. The molecule has 254 valence electrons. The molecule has 19 heteroatoms. The number of imide groups is 1. The van der Waals surface area contributed by atoms with E-state index >= 15 is 0 Å². The number of benzene rings is 5. The summed E-state index contributed by atoms with van der Waals surface area (Å²) in [4.78, 5) is 65.2. The third-order valence-electron chi connectivity index (χ3n) is 7.66. The summed E-state index contributed by atoms with van der Waals surface area (Å²) in [5.74, 6) is -1.38. The Morgan fingerprint density at radius 3 is 1.58 bits per heavy atom. The fraction of sp³-hybridized carbons (Fsp3) is 0.241. The van der Waals surface area contributed by atoms with Crippen LogP contribution in [0.15, 0.2) is 60.7 Å². The second-order valence-corrected chi connectivity index (χ2v) is 14.8. The summed E-state index contributed by atoms with van der Waals surface area (Å²) < 4.78 is 57.8. The van der Waals surface area contributed by atoms with Gasteiger partial charge in [-0.15, -0.1) is 0 Å². The molecule has 3 unspecified atom stereocenters. The zero-order valence-electron chi connectivity index (χ0n) is 24.7. The Bertz CT molecular complexity index is 2100. The first-order chi connectivity index (χ1) is 22.7. The molecule has 0 spiro atoms. The minimum Gasteiger partial charge on any atom is -0.394 e. The lowest BCUT2D eigenvalue weighted by Crippen LogP contribution is -2.45. The number of aliphatic hydroxyl groups excluding tert-OH is 1. The quantitative estimate of drug-likeness (QED) is 0.0337. The molecular weight excluding hydrogens is 695 g/mol. The first kappa shape index (κ1) is 34.7. The molecule has 6 rings (SSSR count). The van der Waals surface area contributed by atoms with Crippen molar-refractivity contribution in [3.8, 4) is 0 Å². The van der Waals surface area contributed by atoms with Crippen LogP contribution in [0, 0.1) is 0 Å². The predicted octanol–water partition coefficient (Wildman–Crippen LogP) is 4.07. The minimum atomic E-state index is -4.98. The smallest absolute Gasteiger partial charge is 0.394 e. The lowest BCUT2D eigenvalue weighted by molar-refractivity contribution is 0.0288. The molecule has 0 aliphatic carbocycles. The van der Waals surface area contributed by atoms with Gasteiger partial charge in [-0.05, 0) is 49.8 Å². The Balaban J connectivity index is 1.14. The van der Waals surface area contributed by atoms with E-state index in [1.165, 1.54) is 0 Å². The molecular formula is C29H28NO15P3. The molecule has 3 atom stereocenters. The normalized spacial score (nSPS) is 17.1. The molecule has 5 aromatic carbocycles. The van der Waals surface area contributed by atoms with Gasteiger partial charge in [-0.25, -0.2) is 13.7 Å². The van der Waals surface area contributed by atoms with Crippen molar-refractivity contribution in [3.05, 3.63) is 71.8 Å². The van der Waals surface area contributed by atoms with Crippen LogP contribution in [0.4, 0.5) is 0 Å². The molecule has 1 heterocycles. The van der Waals surface area contributed by atoms with Crippen molar-refractivity contribution in [2.75, 3.05) is 39.6 Å². The summed E-state index contributed by atoms with van der Waals surface area (Å²) in [6.07, 6.45) is -1.56. The van der Waals surface area contributed by atoms with Crippen LogP contribution in [0.5, 0.6) is 0 Å². The van der Waals surface area contributed by atoms with Crippen molar-refractivity contribution in [1.29, 1.82) is 0 Å². The number of aliphatic hydroxyl groups is 1. The number of nitrogens with zero attached hydrogens (tertiary/aromatic N) is 1. The topological polar surface area (TPSA) is 236 Å². The molecule has 2 amide bonds. The van der Waals surface area contributed by atoms with Gasteiger partial charge in [0.2, 0.25) is 0 Å². The summed E-state index contributed by atoms with van der Waals surface area (Å²) >= 11 is 0. The lowest BCUT2D eigenvalue weighted by Gasteiger charge is -2.31. The maximum atomic E-state index is 13.7. The Morgan fingerprint density at radius 1 is 0.604 bits per heavy atom. The SMILES string of the molecule is O=C1c2ccc3c4cccc5cccc(c6ccc(c2c36)C(=O)N1CC(CO)OP(=O)(O)OCCOP(=O)(O)OCCOP(=O)(O)O)c54. The van der Waals surface area contributed by atoms with Crippen LogP contribution in [0.25, 0.3) is 43.1 Å². The third kappa shape index (κ3) is 6.95. The van der Waals surface area contributed by atoms with Crippen LogP contribution >= 0.6 is 23.5 Å². The molecule has 1 aliphatic rings. The minimum absolute atomic E-state index is 0.234. The van der Waals surface area contributed by atoms with Crippen LogP contribution in [-0.2, 0) is 36.3 Å². The van der Waals surface area contributed by atoms with Gasteiger partial charge in [0.1, 0.15) is 6.10 Å². The maximum absolute atomic E-state index is 13.7. The molecule has 5 N–H and O–H groups in total. The van der Waals surface area contributed by atoms with E-state index in [9.17, 15) is 38.2 Å². The van der Waals surface area contributed by atoms with E-state index in [-0.39, 0.29) is 11.1 Å². The van der Waals surface area contributed by atoms with Crippen LogP contribution in [-0.4, -0.2) is 87.1 Å². The number of hydrogen-bond acceptors (Lipinski definition) is 11. The summed E-state index contributed by atoms with van der Waals surface area (Å²) in [5.41, 5.74) is 0.468. The summed E-state index contributed by atoms with van der Waals surface area (Å²) in [6, 6.07) is 18.8. The number of phosphoric ester groups is 3. The molecule has 0 aromatic heterocycles. The zero-order valence-corrected chi connectivity index (χ0v) is 27.4. The largest absolute Gasteiger partial charge is 0.472 e. The van der Waals surface area contributed by atoms with E-state index in [1.807, 2.05) is 48.5 Å². The number of carbonyl (C=O) groups is 2. The van der Waals surface area contributed by atoms with E-state index in [0.29, 0.717) is 5.39 Å². The number of fused-ring (bicyclic) bond motifs is 2. The fourth-order valence-electron chi connectivity index (χ4n) is 5.84. The Kier molecular flexibility index (Phi) is 9.59. The van der Waals surface area contributed by atoms with Crippen LogP contribution in [0.1, 0.15) is 20.7 Å². The highest BCUT2D eigenvalue weighted by Gasteiger charge is 2.37. The van der Waals surface area contributed by atoms with Gasteiger partial charge < -0.3 is 24.7 Å². The molecule has 0 bridgehead atoms. The van der Waals surface area contributed by atoms with Crippen molar-refractivity contribution in [3.63, 3.8) is 0 Å². The van der Waals surface area contributed by atoms with Gasteiger partial charge in [-0.3, -0.25) is 37.1 Å². The van der Waals surface area contributed by atoms with Gasteiger partial charge in [0.25, 0.3) is 11.8 Å². The van der Waals surface area contributed by atoms with Crippen molar-refractivity contribution < 1.29 is 70.6 Å². The highest BCUT2D eigenvalue weighted by molar-refractivity contribution is 7.47. The van der Waals surface area contributed by atoms with Crippen LogP contribution < -0.4 is 0 Å². The molecule has 16 nitrogen and oxygen atoms in total. The van der Waals surface area contributed by atoms with Gasteiger partial charge in [0.15, 0.2) is 0 Å². The second kappa shape index (κ2) is 13.3. The molecule has 48 heavy (non-hydrogen) atoms. The van der Waals surface area contributed by atoms with Gasteiger partial charge >= 0.3 is 23.5 Å². The first-order valence-corrected chi connectivity index (χ1v) is 18.8. The van der Waals surface area contributed by atoms with Crippen molar-refractivity contribution >= 4 is 78.4 Å². The van der Waals surface area contributed by atoms with Crippen LogP contribution in [0.2, 0.25) is 0 Å². The fourth-order valence-corrected chi connectivity index (χ4v) is 7.71. The molecule has 0 saturated heterocycles. The van der Waals surface area contributed by atoms with E-state index in [1.54, 1.807) is 12.1 Å². The second-order valence-electron chi connectivity index (χ2n) is 10.7. The van der Waals surface area contributed by atoms with Crippen LogP contribution in [0.3, 0.4) is 0 Å².